The van der Waals surface area contributed by atoms with Crippen molar-refractivity contribution in [2.24, 2.45) is 0 Å². The highest BCUT2D eigenvalue weighted by Gasteiger charge is 2.37. The predicted molar refractivity (Wildman–Crippen MR) is 256 cm³/mol. The lowest BCUT2D eigenvalue weighted by molar-refractivity contribution is 0.662. The van der Waals surface area contributed by atoms with E-state index in [0.29, 0.717) is 0 Å². The van der Waals surface area contributed by atoms with Crippen molar-refractivity contribution in [1.29, 1.82) is 0 Å². The molecule has 0 unspecified atom stereocenters. The molecule has 60 heavy (non-hydrogen) atoms. The van der Waals surface area contributed by atoms with E-state index in [0.717, 1.165) is 33.1 Å². The van der Waals surface area contributed by atoms with E-state index in [1.165, 1.54) is 102 Å². The summed E-state index contributed by atoms with van der Waals surface area (Å²) in [6.07, 6.45) is 0. The Morgan fingerprint density at radius 2 is 1.00 bits per heavy atom. The van der Waals surface area contributed by atoms with E-state index < -0.39 is 0 Å². The highest BCUT2D eigenvalue weighted by atomic mass is 32.1. The Morgan fingerprint density at radius 1 is 0.400 bits per heavy atom. The van der Waals surface area contributed by atoms with Crippen molar-refractivity contribution in [3.05, 3.63) is 187 Å². The third kappa shape index (κ3) is 4.22. The largest absolute Gasteiger partial charge is 0.455 e. The first-order valence-corrected chi connectivity index (χ1v) is 21.6. The Kier molecular flexibility index (Phi) is 6.27. The molecule has 0 aliphatic heterocycles. The predicted octanol–water partition coefficient (Wildman–Crippen LogP) is 16.5. The van der Waals surface area contributed by atoms with Gasteiger partial charge in [0.05, 0.1) is 11.0 Å². The standard InChI is InChI=1S/C57H35NOS/c1-57(2)49-29-44-38-15-6-4-13-36(38)35-12-3-5-14-37(35)43(44)28-45(49)46-31-52-47(30-50(46)57)39-24-22-32(34-18-11-19-42-40-16-7-9-20-53(40)59-56(34)42)26-51(39)58(52)33-23-25-55-48(27-33)41-17-8-10-21-54(41)60-55/h3-31H,1-2H3. The molecule has 3 heteroatoms. The van der Waals surface area contributed by atoms with Crippen molar-refractivity contribution in [2.45, 2.75) is 19.3 Å². The van der Waals surface area contributed by atoms with Crippen LogP contribution in [-0.4, -0.2) is 4.57 Å². The van der Waals surface area contributed by atoms with Gasteiger partial charge in [-0.3, -0.25) is 0 Å². The number of aromatic nitrogens is 1. The Labute approximate surface area is 349 Å². The van der Waals surface area contributed by atoms with E-state index >= 15 is 0 Å². The van der Waals surface area contributed by atoms with Crippen molar-refractivity contribution in [1.82, 2.24) is 4.57 Å². The number of para-hydroxylation sites is 2. The molecule has 0 spiro atoms. The minimum absolute atomic E-state index is 0.195. The summed E-state index contributed by atoms with van der Waals surface area (Å²) in [5, 5.41) is 15.3. The summed E-state index contributed by atoms with van der Waals surface area (Å²) >= 11 is 1.87. The smallest absolute Gasteiger partial charge is 0.143 e. The van der Waals surface area contributed by atoms with E-state index in [1.807, 2.05) is 17.4 Å². The highest BCUT2D eigenvalue weighted by molar-refractivity contribution is 7.25. The molecule has 0 fully saturated rings. The number of hydrogen-bond acceptors (Lipinski definition) is 2. The van der Waals surface area contributed by atoms with Crippen LogP contribution in [0, 0.1) is 0 Å². The van der Waals surface area contributed by atoms with Crippen LogP contribution in [0.3, 0.4) is 0 Å². The molecule has 1 aliphatic carbocycles. The summed E-state index contributed by atoms with van der Waals surface area (Å²) in [5.74, 6) is 0. The van der Waals surface area contributed by atoms with Gasteiger partial charge in [0, 0.05) is 58.4 Å². The lowest BCUT2D eigenvalue weighted by Crippen LogP contribution is -2.15. The number of furan rings is 1. The van der Waals surface area contributed by atoms with Crippen molar-refractivity contribution in [2.75, 3.05) is 0 Å². The molecule has 280 valence electrons. The van der Waals surface area contributed by atoms with E-state index in [1.54, 1.807) is 0 Å². The van der Waals surface area contributed by atoms with Crippen molar-refractivity contribution < 1.29 is 4.42 Å². The van der Waals surface area contributed by atoms with Gasteiger partial charge in [0.2, 0.25) is 0 Å². The van der Waals surface area contributed by atoms with Crippen molar-refractivity contribution in [3.8, 4) is 27.9 Å². The fourth-order valence-electron chi connectivity index (χ4n) is 10.9. The van der Waals surface area contributed by atoms with Crippen LogP contribution in [0.4, 0.5) is 0 Å². The van der Waals surface area contributed by atoms with E-state index in [-0.39, 0.29) is 5.41 Å². The van der Waals surface area contributed by atoms with Gasteiger partial charge in [0.25, 0.3) is 0 Å². The van der Waals surface area contributed by atoms with Gasteiger partial charge >= 0.3 is 0 Å². The normalized spacial score (nSPS) is 13.6. The van der Waals surface area contributed by atoms with E-state index in [9.17, 15) is 0 Å². The minimum Gasteiger partial charge on any atom is -0.455 e. The number of fused-ring (bicyclic) bond motifs is 18. The summed E-state index contributed by atoms with van der Waals surface area (Å²) in [5.41, 5.74) is 12.9. The zero-order valence-corrected chi connectivity index (χ0v) is 33.8. The van der Waals surface area contributed by atoms with Gasteiger partial charge in [0.1, 0.15) is 11.2 Å². The van der Waals surface area contributed by atoms with Gasteiger partial charge in [-0.25, -0.2) is 0 Å². The zero-order valence-electron chi connectivity index (χ0n) is 33.0. The minimum atomic E-state index is -0.195. The number of nitrogens with zero attached hydrogens (tertiary/aromatic N) is 1. The molecule has 0 atom stereocenters. The van der Waals surface area contributed by atoms with Crippen LogP contribution in [0.1, 0.15) is 25.0 Å². The quantitative estimate of drug-likeness (QED) is 0.160. The Balaban J connectivity index is 1.08. The summed E-state index contributed by atoms with van der Waals surface area (Å²) in [6, 6.07) is 65.7. The van der Waals surface area contributed by atoms with Gasteiger partial charge in [-0.1, -0.05) is 129 Å². The number of hydrogen-bond donors (Lipinski definition) is 0. The fourth-order valence-corrected chi connectivity index (χ4v) is 12.0. The molecular weight excluding hydrogens is 747 g/mol. The maximum Gasteiger partial charge on any atom is 0.143 e. The molecule has 3 heterocycles. The molecule has 14 rings (SSSR count). The number of thiophene rings is 1. The third-order valence-corrected chi connectivity index (χ3v) is 14.9. The molecule has 0 saturated carbocycles. The van der Waals surface area contributed by atoms with Crippen molar-refractivity contribution in [3.63, 3.8) is 0 Å². The molecule has 2 nitrogen and oxygen atoms in total. The Morgan fingerprint density at radius 3 is 1.78 bits per heavy atom. The molecule has 3 aromatic heterocycles. The molecule has 1 aliphatic rings. The second kappa shape index (κ2) is 11.5. The molecule has 10 aromatic carbocycles. The maximum absolute atomic E-state index is 6.59. The number of benzene rings is 10. The highest BCUT2D eigenvalue weighted by Crippen LogP contribution is 2.54. The molecule has 13 aromatic rings. The molecule has 0 radical (unpaired) electrons. The van der Waals surface area contributed by atoms with Gasteiger partial charge in [-0.05, 0) is 121 Å². The van der Waals surface area contributed by atoms with Crippen LogP contribution in [-0.2, 0) is 5.41 Å². The zero-order chi connectivity index (χ0) is 39.4. The summed E-state index contributed by atoms with van der Waals surface area (Å²) < 4.78 is 11.7. The average molecular weight is 782 g/mol. The Hall–Kier alpha value is -7.20. The lowest BCUT2D eigenvalue weighted by atomic mass is 9.81. The first-order chi connectivity index (χ1) is 29.5. The lowest BCUT2D eigenvalue weighted by Gasteiger charge is -2.22. The van der Waals surface area contributed by atoms with Crippen LogP contribution in [0.15, 0.2) is 180 Å². The maximum atomic E-state index is 6.59. The van der Waals surface area contributed by atoms with Gasteiger partial charge in [-0.2, -0.15) is 0 Å². The summed E-state index contributed by atoms with van der Waals surface area (Å²) in [7, 11) is 0. The first kappa shape index (κ1) is 32.7. The third-order valence-electron chi connectivity index (χ3n) is 13.8. The van der Waals surface area contributed by atoms with E-state index in [2.05, 4.69) is 188 Å². The van der Waals surface area contributed by atoms with E-state index in [4.69, 9.17) is 4.42 Å². The Bertz CT molecular complexity index is 4040. The first-order valence-electron chi connectivity index (χ1n) is 20.8. The van der Waals surface area contributed by atoms with Gasteiger partial charge in [0.15, 0.2) is 0 Å². The van der Waals surface area contributed by atoms with Crippen LogP contribution >= 0.6 is 11.3 Å². The molecule has 0 saturated heterocycles. The molecule has 0 bridgehead atoms. The molecule has 0 N–H and O–H groups in total. The molecule has 0 amide bonds. The van der Waals surface area contributed by atoms with Crippen LogP contribution in [0.2, 0.25) is 0 Å². The average Bonchev–Trinajstić information content (AvgIpc) is 4.01. The second-order valence-electron chi connectivity index (χ2n) is 17.2. The SMILES string of the molecule is CC1(C)c2cc3c4ccccc4c4ccccc4c3cc2-c2cc3c(cc21)c1ccc(-c2cccc4c2oc2ccccc24)cc1n3-c1ccc2sc3ccccc3c2c1. The second-order valence-corrected chi connectivity index (χ2v) is 18.3. The van der Waals surface area contributed by atoms with Crippen molar-refractivity contribution >= 4 is 108 Å². The van der Waals surface area contributed by atoms with Gasteiger partial charge in [-0.15, -0.1) is 11.3 Å². The summed E-state index contributed by atoms with van der Waals surface area (Å²) in [4.78, 5) is 0. The van der Waals surface area contributed by atoms with Gasteiger partial charge < -0.3 is 8.98 Å². The topological polar surface area (TPSA) is 18.1 Å². The van der Waals surface area contributed by atoms with Crippen LogP contribution < -0.4 is 0 Å². The van der Waals surface area contributed by atoms with Crippen LogP contribution in [0.25, 0.3) is 124 Å². The monoisotopic (exact) mass is 781 g/mol. The van der Waals surface area contributed by atoms with Crippen LogP contribution in [0.5, 0.6) is 0 Å². The number of rotatable bonds is 2. The summed E-state index contributed by atoms with van der Waals surface area (Å²) in [6.45, 7) is 4.83. The molecular formula is C57H35NOS. The fraction of sp³-hybridized carbons (Fsp3) is 0.0526.